The topological polar surface area (TPSA) is 78.4 Å². The van der Waals surface area contributed by atoms with Gasteiger partial charge in [0.15, 0.2) is 18.1 Å². The highest BCUT2D eigenvalue weighted by Gasteiger charge is 2.12. The van der Waals surface area contributed by atoms with Crippen LogP contribution in [0.25, 0.3) is 0 Å². The summed E-state index contributed by atoms with van der Waals surface area (Å²) in [7, 11) is 4.59. The highest BCUT2D eigenvalue weighted by Crippen LogP contribution is 2.37. The number of methoxy groups -OCH3 is 3. The molecule has 0 aliphatic carbocycles. The molecule has 0 saturated heterocycles. The number of hydrogen-bond acceptors (Lipinski definition) is 6. The van der Waals surface area contributed by atoms with Gasteiger partial charge in [0.25, 0.3) is 5.91 Å². The van der Waals surface area contributed by atoms with Crippen molar-refractivity contribution in [3.05, 3.63) is 45.4 Å². The minimum atomic E-state index is -0.379. The van der Waals surface area contributed by atoms with Gasteiger partial charge in [0, 0.05) is 5.56 Å². The molecule has 2 aromatic rings. The fourth-order valence-corrected chi connectivity index (χ4v) is 3.40. The van der Waals surface area contributed by atoms with Gasteiger partial charge >= 0.3 is 0 Å². The van der Waals surface area contributed by atoms with Gasteiger partial charge < -0.3 is 18.9 Å². The molecule has 0 unspecified atom stereocenters. The van der Waals surface area contributed by atoms with Crippen LogP contribution >= 0.6 is 15.9 Å². The summed E-state index contributed by atoms with van der Waals surface area (Å²) in [6.45, 7) is 3.76. The molecule has 0 aliphatic heterocycles. The molecular formula is C20H23BrN2O5. The standard InChI is InChI=1S/C20H23BrN2O5/c1-12-6-13(2)19(15(21)7-12)28-11-18(24)23-22-10-14-8-16(25-3)20(27-5)17(9-14)26-4/h6-10H,11H2,1-5H3,(H,23,24)/b22-10+. The number of carbonyl (C=O) groups is 1. The lowest BCUT2D eigenvalue weighted by molar-refractivity contribution is -0.123. The van der Waals surface area contributed by atoms with Gasteiger partial charge in [-0.25, -0.2) is 5.43 Å². The Balaban J connectivity index is 2.00. The van der Waals surface area contributed by atoms with Gasteiger partial charge in [0.2, 0.25) is 5.75 Å². The lowest BCUT2D eigenvalue weighted by atomic mass is 10.1. The summed E-state index contributed by atoms with van der Waals surface area (Å²) in [4.78, 5) is 12.0. The third-order valence-electron chi connectivity index (χ3n) is 3.81. The molecule has 0 bridgehead atoms. The Morgan fingerprint density at radius 2 is 1.68 bits per heavy atom. The fourth-order valence-electron chi connectivity index (χ4n) is 2.61. The third-order valence-corrected chi connectivity index (χ3v) is 4.40. The zero-order valence-electron chi connectivity index (χ0n) is 16.5. The smallest absolute Gasteiger partial charge is 0.277 e. The molecule has 0 fully saturated rings. The van der Waals surface area contributed by atoms with Crippen molar-refractivity contribution in [2.24, 2.45) is 5.10 Å². The van der Waals surface area contributed by atoms with Gasteiger partial charge in [-0.2, -0.15) is 5.10 Å². The number of hydrogen-bond donors (Lipinski definition) is 1. The molecule has 1 N–H and O–H groups in total. The van der Waals surface area contributed by atoms with E-state index in [1.165, 1.54) is 27.5 Å². The second-order valence-electron chi connectivity index (χ2n) is 5.93. The van der Waals surface area contributed by atoms with Crippen LogP contribution in [0.5, 0.6) is 23.0 Å². The minimum absolute atomic E-state index is 0.158. The molecule has 0 saturated carbocycles. The van der Waals surface area contributed by atoms with Crippen molar-refractivity contribution >= 4 is 28.1 Å². The van der Waals surface area contributed by atoms with E-state index in [1.807, 2.05) is 26.0 Å². The van der Waals surface area contributed by atoms with Crippen molar-refractivity contribution in [2.45, 2.75) is 13.8 Å². The summed E-state index contributed by atoms with van der Waals surface area (Å²) < 4.78 is 22.3. The van der Waals surface area contributed by atoms with Crippen LogP contribution in [-0.4, -0.2) is 40.1 Å². The van der Waals surface area contributed by atoms with Crippen LogP contribution in [0.2, 0.25) is 0 Å². The first kappa shape index (κ1) is 21.6. The summed E-state index contributed by atoms with van der Waals surface area (Å²) in [5.41, 5.74) is 5.16. The van der Waals surface area contributed by atoms with Crippen LogP contribution in [0.15, 0.2) is 33.8 Å². The Labute approximate surface area is 172 Å². The van der Waals surface area contributed by atoms with Crippen LogP contribution < -0.4 is 24.4 Å². The number of rotatable bonds is 8. The molecule has 0 atom stereocenters. The zero-order chi connectivity index (χ0) is 20.7. The monoisotopic (exact) mass is 450 g/mol. The van der Waals surface area contributed by atoms with Crippen molar-refractivity contribution in [3.63, 3.8) is 0 Å². The van der Waals surface area contributed by atoms with Gasteiger partial charge in [0.1, 0.15) is 5.75 Å². The second-order valence-corrected chi connectivity index (χ2v) is 6.79. The Morgan fingerprint density at radius 1 is 1.04 bits per heavy atom. The van der Waals surface area contributed by atoms with Crippen molar-refractivity contribution in [1.82, 2.24) is 5.43 Å². The molecule has 28 heavy (non-hydrogen) atoms. The number of amides is 1. The Bertz CT molecular complexity index is 835. The van der Waals surface area contributed by atoms with Crippen molar-refractivity contribution in [3.8, 4) is 23.0 Å². The number of benzene rings is 2. The van der Waals surface area contributed by atoms with E-state index in [0.717, 1.165) is 15.6 Å². The SMILES string of the molecule is COc1cc(/C=N/NC(=O)COc2c(C)cc(C)cc2Br)cc(OC)c1OC. The highest BCUT2D eigenvalue weighted by molar-refractivity contribution is 9.10. The zero-order valence-corrected chi connectivity index (χ0v) is 18.0. The summed E-state index contributed by atoms with van der Waals surface area (Å²) in [5, 5.41) is 3.95. The lowest BCUT2D eigenvalue weighted by Crippen LogP contribution is -2.24. The molecule has 150 valence electrons. The van der Waals surface area contributed by atoms with Crippen LogP contribution in [-0.2, 0) is 4.79 Å². The molecule has 2 rings (SSSR count). The van der Waals surface area contributed by atoms with Crippen molar-refractivity contribution in [1.29, 1.82) is 0 Å². The third kappa shape index (κ3) is 5.39. The predicted molar refractivity (Wildman–Crippen MR) is 111 cm³/mol. The lowest BCUT2D eigenvalue weighted by Gasteiger charge is -2.12. The average molecular weight is 451 g/mol. The van der Waals surface area contributed by atoms with E-state index in [1.54, 1.807) is 12.1 Å². The quantitative estimate of drug-likeness (QED) is 0.490. The van der Waals surface area contributed by atoms with Gasteiger partial charge in [0.05, 0.1) is 32.0 Å². The molecule has 0 radical (unpaired) electrons. The Morgan fingerprint density at radius 3 is 2.21 bits per heavy atom. The number of nitrogens with zero attached hydrogens (tertiary/aromatic N) is 1. The van der Waals surface area contributed by atoms with Crippen LogP contribution in [0.4, 0.5) is 0 Å². The van der Waals surface area contributed by atoms with Gasteiger partial charge in [-0.3, -0.25) is 4.79 Å². The number of hydrazone groups is 1. The first-order valence-corrected chi connectivity index (χ1v) is 9.20. The molecule has 8 heteroatoms. The number of carbonyl (C=O) groups excluding carboxylic acids is 1. The molecule has 7 nitrogen and oxygen atoms in total. The molecule has 2 aromatic carbocycles. The van der Waals surface area contributed by atoms with Crippen LogP contribution in [0.3, 0.4) is 0 Å². The van der Waals surface area contributed by atoms with Crippen LogP contribution in [0.1, 0.15) is 16.7 Å². The van der Waals surface area contributed by atoms with E-state index in [9.17, 15) is 4.79 Å². The number of aryl methyl sites for hydroxylation is 2. The molecular weight excluding hydrogens is 428 g/mol. The molecule has 0 spiro atoms. The van der Waals surface area contributed by atoms with E-state index >= 15 is 0 Å². The number of nitrogens with one attached hydrogen (secondary N) is 1. The maximum atomic E-state index is 12.0. The highest BCUT2D eigenvalue weighted by atomic mass is 79.9. The van der Waals surface area contributed by atoms with E-state index in [-0.39, 0.29) is 12.5 Å². The van der Waals surface area contributed by atoms with E-state index in [4.69, 9.17) is 18.9 Å². The van der Waals surface area contributed by atoms with E-state index < -0.39 is 0 Å². The normalized spacial score (nSPS) is 10.6. The largest absolute Gasteiger partial charge is 0.493 e. The molecule has 0 aliphatic rings. The van der Waals surface area contributed by atoms with Gasteiger partial charge in [-0.15, -0.1) is 0 Å². The summed E-state index contributed by atoms with van der Waals surface area (Å²) >= 11 is 3.45. The summed E-state index contributed by atoms with van der Waals surface area (Å²) in [5.74, 6) is 1.74. The first-order chi connectivity index (χ1) is 13.4. The van der Waals surface area contributed by atoms with E-state index in [2.05, 4.69) is 26.5 Å². The summed E-state index contributed by atoms with van der Waals surface area (Å²) in [6, 6.07) is 7.37. The second kappa shape index (κ2) is 9.98. The molecule has 0 heterocycles. The van der Waals surface area contributed by atoms with E-state index in [0.29, 0.717) is 28.6 Å². The Kier molecular flexibility index (Phi) is 7.69. The van der Waals surface area contributed by atoms with Gasteiger partial charge in [-0.1, -0.05) is 6.07 Å². The minimum Gasteiger partial charge on any atom is -0.493 e. The molecule has 0 aromatic heterocycles. The first-order valence-electron chi connectivity index (χ1n) is 8.41. The van der Waals surface area contributed by atoms with Crippen molar-refractivity contribution in [2.75, 3.05) is 27.9 Å². The average Bonchev–Trinajstić information content (AvgIpc) is 2.66. The maximum Gasteiger partial charge on any atom is 0.277 e. The number of halogens is 1. The van der Waals surface area contributed by atoms with Gasteiger partial charge in [-0.05, 0) is 59.1 Å². The predicted octanol–water partition coefficient (Wildman–Crippen LogP) is 3.62. The van der Waals surface area contributed by atoms with Crippen molar-refractivity contribution < 1.29 is 23.7 Å². The van der Waals surface area contributed by atoms with Crippen LogP contribution in [0, 0.1) is 13.8 Å². The number of ether oxygens (including phenoxy) is 4. The molecule has 1 amide bonds. The summed E-state index contributed by atoms with van der Waals surface area (Å²) in [6.07, 6.45) is 1.48. The fraction of sp³-hybridized carbons (Fsp3) is 0.300. The Hall–Kier alpha value is -2.74. The maximum absolute atomic E-state index is 12.0.